The molecule has 1 unspecified atom stereocenters. The van der Waals surface area contributed by atoms with Crippen LogP contribution in [0.25, 0.3) is 0 Å². The van der Waals surface area contributed by atoms with Gasteiger partial charge in [0.05, 0.1) is 5.92 Å². The quantitative estimate of drug-likeness (QED) is 0.793. The van der Waals surface area contributed by atoms with Crippen LogP contribution in [0, 0.1) is 12.8 Å². The smallest absolute Gasteiger partial charge is 0.252 e. The summed E-state index contributed by atoms with van der Waals surface area (Å²) in [6.07, 6.45) is 2.50. The maximum atomic E-state index is 12.9. The number of piperidine rings is 1. The molecule has 1 atom stereocenters. The molecular weight excluding hydrogens is 358 g/mol. The third-order valence-corrected chi connectivity index (χ3v) is 8.41. The summed E-state index contributed by atoms with van der Waals surface area (Å²) in [6, 6.07) is 3.50. The van der Waals surface area contributed by atoms with Gasteiger partial charge < -0.3 is 9.80 Å². The Bertz CT molecular complexity index is 716. The summed E-state index contributed by atoms with van der Waals surface area (Å²) in [7, 11) is -1.41. The van der Waals surface area contributed by atoms with Gasteiger partial charge in [0.2, 0.25) is 5.91 Å². The number of carbonyl (C=O) groups is 1. The zero-order valence-electron chi connectivity index (χ0n) is 15.0. The Kier molecular flexibility index (Phi) is 5.82. The molecule has 140 valence electrons. The lowest BCUT2D eigenvalue weighted by Gasteiger charge is -2.33. The minimum Gasteiger partial charge on any atom is -0.341 e. The molecule has 0 saturated carbocycles. The number of hydrogen-bond acceptors (Lipinski definition) is 5. The van der Waals surface area contributed by atoms with Crippen LogP contribution in [0.4, 0.5) is 0 Å². The first-order valence-electron chi connectivity index (χ1n) is 8.92. The number of sulfonamides is 1. The van der Waals surface area contributed by atoms with Crippen LogP contribution in [-0.4, -0.2) is 74.7 Å². The van der Waals surface area contributed by atoms with Crippen LogP contribution in [0.3, 0.4) is 0 Å². The number of nitrogens with zero attached hydrogens (tertiary/aromatic N) is 3. The Hall–Kier alpha value is -0.960. The van der Waals surface area contributed by atoms with Crippen molar-refractivity contribution >= 4 is 27.3 Å². The lowest BCUT2D eigenvalue weighted by atomic mass is 9.98. The largest absolute Gasteiger partial charge is 0.341 e. The van der Waals surface area contributed by atoms with Crippen molar-refractivity contribution in [2.75, 3.05) is 46.3 Å². The molecule has 2 fully saturated rings. The molecule has 0 aliphatic carbocycles. The second-order valence-corrected chi connectivity index (χ2v) is 10.5. The van der Waals surface area contributed by atoms with E-state index in [9.17, 15) is 13.2 Å². The van der Waals surface area contributed by atoms with Crippen molar-refractivity contribution in [2.45, 2.75) is 30.4 Å². The van der Waals surface area contributed by atoms with Gasteiger partial charge in [-0.15, -0.1) is 11.3 Å². The van der Waals surface area contributed by atoms with Gasteiger partial charge in [0.15, 0.2) is 0 Å². The monoisotopic (exact) mass is 385 g/mol. The van der Waals surface area contributed by atoms with Gasteiger partial charge in [0.1, 0.15) is 4.21 Å². The molecular formula is C17H27N3O3S2. The number of carbonyl (C=O) groups excluding carboxylic acids is 1. The molecule has 0 N–H and O–H groups in total. The third-order valence-electron chi connectivity index (χ3n) is 5.07. The summed E-state index contributed by atoms with van der Waals surface area (Å²) < 4.78 is 27.6. The highest BCUT2D eigenvalue weighted by Gasteiger charge is 2.35. The van der Waals surface area contributed by atoms with Crippen LogP contribution >= 0.6 is 11.3 Å². The first kappa shape index (κ1) is 18.8. The maximum absolute atomic E-state index is 12.9. The molecule has 0 bridgehead atoms. The highest BCUT2D eigenvalue weighted by molar-refractivity contribution is 7.91. The number of rotatable bonds is 3. The van der Waals surface area contributed by atoms with Gasteiger partial charge in [-0.25, -0.2) is 8.42 Å². The molecule has 2 aliphatic heterocycles. The summed E-state index contributed by atoms with van der Waals surface area (Å²) in [5, 5.41) is 0. The predicted molar refractivity (Wildman–Crippen MR) is 99.2 cm³/mol. The second kappa shape index (κ2) is 7.73. The topological polar surface area (TPSA) is 60.9 Å². The van der Waals surface area contributed by atoms with E-state index >= 15 is 0 Å². The zero-order chi connectivity index (χ0) is 18.0. The standard InChI is InChI=1S/C17H27N3O3S2/c1-14-6-7-16(24-14)25(22,23)20-10-3-5-15(13-20)17(21)19-9-4-8-18(2)11-12-19/h6-7,15H,3-5,8-13H2,1-2H3. The van der Waals surface area contributed by atoms with E-state index in [1.807, 2.05) is 17.9 Å². The molecule has 1 amide bonds. The molecule has 6 nitrogen and oxygen atoms in total. The van der Waals surface area contributed by atoms with E-state index < -0.39 is 10.0 Å². The van der Waals surface area contributed by atoms with Crippen molar-refractivity contribution in [2.24, 2.45) is 5.92 Å². The highest BCUT2D eigenvalue weighted by Crippen LogP contribution is 2.29. The molecule has 3 heterocycles. The van der Waals surface area contributed by atoms with Gasteiger partial charge in [-0.1, -0.05) is 0 Å². The zero-order valence-corrected chi connectivity index (χ0v) is 16.6. The van der Waals surface area contributed by atoms with Crippen LogP contribution < -0.4 is 0 Å². The average Bonchev–Trinajstić information content (AvgIpc) is 2.93. The van der Waals surface area contributed by atoms with E-state index in [0.29, 0.717) is 17.3 Å². The summed E-state index contributed by atoms with van der Waals surface area (Å²) >= 11 is 1.30. The summed E-state index contributed by atoms with van der Waals surface area (Å²) in [5.74, 6) is -0.0921. The van der Waals surface area contributed by atoms with Crippen LogP contribution in [0.15, 0.2) is 16.3 Å². The summed E-state index contributed by atoms with van der Waals surface area (Å²) in [6.45, 7) is 6.12. The lowest BCUT2D eigenvalue weighted by Crippen LogP contribution is -2.47. The highest BCUT2D eigenvalue weighted by atomic mass is 32.2. The number of aryl methyl sites for hydroxylation is 1. The average molecular weight is 386 g/mol. The van der Waals surface area contributed by atoms with Crippen LogP contribution in [0.5, 0.6) is 0 Å². The second-order valence-electron chi connectivity index (χ2n) is 7.05. The molecule has 1 aromatic heterocycles. The lowest BCUT2D eigenvalue weighted by molar-refractivity contribution is -0.136. The minimum atomic E-state index is -3.48. The van der Waals surface area contributed by atoms with Gasteiger partial charge in [-0.05, 0) is 51.9 Å². The molecule has 2 saturated heterocycles. The van der Waals surface area contributed by atoms with Crippen molar-refractivity contribution in [3.05, 3.63) is 17.0 Å². The number of hydrogen-bond donors (Lipinski definition) is 0. The molecule has 0 aromatic carbocycles. The summed E-state index contributed by atoms with van der Waals surface area (Å²) in [5.41, 5.74) is 0. The van der Waals surface area contributed by atoms with Crippen molar-refractivity contribution < 1.29 is 13.2 Å². The molecule has 0 radical (unpaired) electrons. The van der Waals surface area contributed by atoms with E-state index in [-0.39, 0.29) is 11.8 Å². The fraction of sp³-hybridized carbons (Fsp3) is 0.706. The van der Waals surface area contributed by atoms with E-state index in [4.69, 9.17) is 0 Å². The number of thiophene rings is 1. The Morgan fingerprint density at radius 3 is 2.64 bits per heavy atom. The van der Waals surface area contributed by atoms with Gasteiger partial charge >= 0.3 is 0 Å². The minimum absolute atomic E-state index is 0.123. The Labute approximate surface area is 154 Å². The maximum Gasteiger partial charge on any atom is 0.252 e. The van der Waals surface area contributed by atoms with Crippen molar-refractivity contribution in [3.63, 3.8) is 0 Å². The third kappa shape index (κ3) is 4.24. The Balaban J connectivity index is 1.69. The fourth-order valence-electron chi connectivity index (χ4n) is 3.57. The van der Waals surface area contributed by atoms with Gasteiger partial charge in [0.25, 0.3) is 10.0 Å². The molecule has 25 heavy (non-hydrogen) atoms. The van der Waals surface area contributed by atoms with Gasteiger partial charge in [0, 0.05) is 37.6 Å². The van der Waals surface area contributed by atoms with Gasteiger partial charge in [-0.2, -0.15) is 4.31 Å². The van der Waals surface area contributed by atoms with Crippen LogP contribution in [0.2, 0.25) is 0 Å². The molecule has 3 rings (SSSR count). The van der Waals surface area contributed by atoms with Crippen molar-refractivity contribution in [1.29, 1.82) is 0 Å². The number of likely N-dealkylation sites (N-methyl/N-ethyl adjacent to an activating group) is 1. The molecule has 0 spiro atoms. The Morgan fingerprint density at radius 2 is 1.92 bits per heavy atom. The predicted octanol–water partition coefficient (Wildman–Crippen LogP) is 1.62. The van der Waals surface area contributed by atoms with E-state index in [1.165, 1.54) is 15.6 Å². The van der Waals surface area contributed by atoms with E-state index in [2.05, 4.69) is 11.9 Å². The van der Waals surface area contributed by atoms with Crippen LogP contribution in [-0.2, 0) is 14.8 Å². The normalized spacial score (nSPS) is 24.2. The van der Waals surface area contributed by atoms with Crippen molar-refractivity contribution in [1.82, 2.24) is 14.1 Å². The molecule has 2 aliphatic rings. The number of amides is 1. The first-order chi connectivity index (χ1) is 11.9. The Morgan fingerprint density at radius 1 is 1.12 bits per heavy atom. The van der Waals surface area contributed by atoms with E-state index in [0.717, 1.165) is 50.3 Å². The molecule has 8 heteroatoms. The van der Waals surface area contributed by atoms with E-state index in [1.54, 1.807) is 6.07 Å². The fourth-order valence-corrected chi connectivity index (χ4v) is 6.53. The van der Waals surface area contributed by atoms with Crippen molar-refractivity contribution in [3.8, 4) is 0 Å². The molecule has 1 aromatic rings. The SMILES string of the molecule is Cc1ccc(S(=O)(=O)N2CCCC(C(=O)N3CCCN(C)CC3)C2)s1. The first-order valence-corrected chi connectivity index (χ1v) is 11.2. The van der Waals surface area contributed by atoms with Gasteiger partial charge in [-0.3, -0.25) is 4.79 Å². The van der Waals surface area contributed by atoms with Crippen LogP contribution in [0.1, 0.15) is 24.1 Å². The summed E-state index contributed by atoms with van der Waals surface area (Å²) in [4.78, 5) is 18.1.